The highest BCUT2D eigenvalue weighted by Gasteiger charge is 2.32. The summed E-state index contributed by atoms with van der Waals surface area (Å²) in [5.74, 6) is 0.0898. The lowest BCUT2D eigenvalue weighted by atomic mass is 10.0. The summed E-state index contributed by atoms with van der Waals surface area (Å²) in [6.45, 7) is 7.63. The molecule has 5 nitrogen and oxygen atoms in total. The zero-order valence-corrected chi connectivity index (χ0v) is 11.7. The highest BCUT2D eigenvalue weighted by atomic mass is 16.5. The van der Waals surface area contributed by atoms with E-state index in [0.29, 0.717) is 25.8 Å². The van der Waals surface area contributed by atoms with E-state index in [1.54, 1.807) is 0 Å². The van der Waals surface area contributed by atoms with Crippen LogP contribution in [0.4, 0.5) is 0 Å². The van der Waals surface area contributed by atoms with Gasteiger partial charge in [0.05, 0.1) is 13.2 Å². The summed E-state index contributed by atoms with van der Waals surface area (Å²) in [4.78, 5) is 14.4. The van der Waals surface area contributed by atoms with Crippen molar-refractivity contribution in [1.82, 2.24) is 10.2 Å². The molecular weight excluding hydrogens is 230 g/mol. The smallest absolute Gasteiger partial charge is 0.239 e. The van der Waals surface area contributed by atoms with Crippen LogP contribution in [0.15, 0.2) is 0 Å². The molecule has 1 fully saturated rings. The second kappa shape index (κ2) is 8.45. The lowest BCUT2D eigenvalue weighted by molar-refractivity contribution is -0.134. The second-order valence-electron chi connectivity index (χ2n) is 4.76. The first kappa shape index (κ1) is 15.4. The molecular formula is C13H27N3O2. The maximum Gasteiger partial charge on any atom is 0.239 e. The van der Waals surface area contributed by atoms with E-state index in [9.17, 15) is 4.79 Å². The molecule has 0 aromatic carbocycles. The third kappa shape index (κ3) is 4.23. The first-order valence-electron chi connectivity index (χ1n) is 7.05. The average Bonchev–Trinajstić information content (AvgIpc) is 2.42. The Labute approximate surface area is 110 Å². The van der Waals surface area contributed by atoms with E-state index in [1.807, 2.05) is 0 Å². The monoisotopic (exact) mass is 257 g/mol. The molecule has 2 unspecified atom stereocenters. The van der Waals surface area contributed by atoms with Gasteiger partial charge in [0.2, 0.25) is 5.91 Å². The molecule has 2 atom stereocenters. The topological polar surface area (TPSA) is 67.6 Å². The van der Waals surface area contributed by atoms with Crippen LogP contribution in [0, 0.1) is 0 Å². The molecule has 0 aliphatic carbocycles. The third-order valence-electron chi connectivity index (χ3n) is 3.46. The summed E-state index contributed by atoms with van der Waals surface area (Å²) in [5, 5.41) is 2.96. The van der Waals surface area contributed by atoms with Gasteiger partial charge in [0.1, 0.15) is 6.04 Å². The lowest BCUT2D eigenvalue weighted by Crippen LogP contribution is -2.57. The molecule has 1 amide bonds. The highest BCUT2D eigenvalue weighted by molar-refractivity contribution is 5.82. The van der Waals surface area contributed by atoms with Gasteiger partial charge in [-0.1, -0.05) is 13.8 Å². The lowest BCUT2D eigenvalue weighted by Gasteiger charge is -2.39. The first-order chi connectivity index (χ1) is 8.74. The quantitative estimate of drug-likeness (QED) is 0.690. The van der Waals surface area contributed by atoms with Crippen LogP contribution in [0.3, 0.4) is 0 Å². The van der Waals surface area contributed by atoms with Crippen molar-refractivity contribution in [3.05, 3.63) is 0 Å². The SMILES string of the molecule is CCCNC(=O)C1COCCN1C(CC)CCN. The number of hydrogen-bond donors (Lipinski definition) is 2. The molecule has 5 heteroatoms. The summed E-state index contributed by atoms with van der Waals surface area (Å²) in [7, 11) is 0. The van der Waals surface area contributed by atoms with Crippen LogP contribution in [0.1, 0.15) is 33.1 Å². The van der Waals surface area contributed by atoms with Crippen LogP contribution in [-0.2, 0) is 9.53 Å². The summed E-state index contributed by atoms with van der Waals surface area (Å²) >= 11 is 0. The molecule has 1 aliphatic heterocycles. The van der Waals surface area contributed by atoms with E-state index >= 15 is 0 Å². The number of carbonyl (C=O) groups excluding carboxylic acids is 1. The molecule has 3 N–H and O–H groups in total. The van der Waals surface area contributed by atoms with Gasteiger partial charge in [-0.2, -0.15) is 0 Å². The number of amides is 1. The molecule has 0 bridgehead atoms. The Morgan fingerprint density at radius 1 is 1.56 bits per heavy atom. The minimum atomic E-state index is -0.151. The normalized spacial score (nSPS) is 22.7. The summed E-state index contributed by atoms with van der Waals surface area (Å²) in [6, 6.07) is 0.234. The van der Waals surface area contributed by atoms with E-state index < -0.39 is 0 Å². The summed E-state index contributed by atoms with van der Waals surface area (Å²) < 4.78 is 5.45. The first-order valence-corrected chi connectivity index (χ1v) is 7.05. The number of rotatable bonds is 7. The predicted octanol–water partition coefficient (Wildman–Crippen LogP) is 0.341. The van der Waals surface area contributed by atoms with Gasteiger partial charge < -0.3 is 15.8 Å². The van der Waals surface area contributed by atoms with Crippen LogP contribution >= 0.6 is 0 Å². The number of ether oxygens (including phenoxy) is 1. The van der Waals surface area contributed by atoms with Crippen LogP contribution < -0.4 is 11.1 Å². The van der Waals surface area contributed by atoms with E-state index in [1.165, 1.54) is 0 Å². The molecule has 0 aromatic heterocycles. The molecule has 1 aliphatic rings. The Hall–Kier alpha value is -0.650. The molecule has 0 aromatic rings. The fraction of sp³-hybridized carbons (Fsp3) is 0.923. The van der Waals surface area contributed by atoms with Crippen LogP contribution in [0.25, 0.3) is 0 Å². The van der Waals surface area contributed by atoms with Crippen molar-refractivity contribution >= 4 is 5.91 Å². The van der Waals surface area contributed by atoms with Gasteiger partial charge in [0.15, 0.2) is 0 Å². The second-order valence-corrected chi connectivity index (χ2v) is 4.76. The number of nitrogens with two attached hydrogens (primary N) is 1. The van der Waals surface area contributed by atoms with E-state index in [0.717, 1.165) is 32.4 Å². The fourth-order valence-electron chi connectivity index (χ4n) is 2.44. The van der Waals surface area contributed by atoms with Gasteiger partial charge in [-0.05, 0) is 25.8 Å². The number of morpholine rings is 1. The van der Waals surface area contributed by atoms with Crippen molar-refractivity contribution < 1.29 is 9.53 Å². The molecule has 1 saturated heterocycles. The van der Waals surface area contributed by atoms with Gasteiger partial charge in [-0.25, -0.2) is 0 Å². The molecule has 1 rings (SSSR count). The summed E-state index contributed by atoms with van der Waals surface area (Å²) in [5.41, 5.74) is 5.65. The molecule has 1 heterocycles. The highest BCUT2D eigenvalue weighted by Crippen LogP contribution is 2.16. The van der Waals surface area contributed by atoms with Crippen molar-refractivity contribution in [1.29, 1.82) is 0 Å². The van der Waals surface area contributed by atoms with Crippen LogP contribution in [0.5, 0.6) is 0 Å². The molecule has 0 spiro atoms. The Balaban J connectivity index is 2.62. The van der Waals surface area contributed by atoms with Gasteiger partial charge in [0, 0.05) is 19.1 Å². The largest absolute Gasteiger partial charge is 0.378 e. The molecule has 106 valence electrons. The zero-order chi connectivity index (χ0) is 13.4. The Bertz CT molecular complexity index is 248. The van der Waals surface area contributed by atoms with Gasteiger partial charge in [-0.15, -0.1) is 0 Å². The van der Waals surface area contributed by atoms with Crippen molar-refractivity contribution in [2.24, 2.45) is 5.73 Å². The number of nitrogens with zero attached hydrogens (tertiary/aromatic N) is 1. The van der Waals surface area contributed by atoms with E-state index in [2.05, 4.69) is 24.1 Å². The number of nitrogens with one attached hydrogen (secondary N) is 1. The van der Waals surface area contributed by atoms with Crippen molar-refractivity contribution in [3.8, 4) is 0 Å². The molecule has 0 radical (unpaired) electrons. The van der Waals surface area contributed by atoms with Gasteiger partial charge >= 0.3 is 0 Å². The Morgan fingerprint density at radius 2 is 2.33 bits per heavy atom. The standard InChI is InChI=1S/C13H27N3O2/c1-3-7-15-13(17)12-10-18-9-8-16(12)11(4-2)5-6-14/h11-12H,3-10,14H2,1-2H3,(H,15,17). The van der Waals surface area contributed by atoms with E-state index in [4.69, 9.17) is 10.5 Å². The predicted molar refractivity (Wildman–Crippen MR) is 72.4 cm³/mol. The van der Waals surface area contributed by atoms with Gasteiger partial charge in [-0.3, -0.25) is 9.69 Å². The minimum absolute atomic E-state index is 0.0898. The molecule has 0 saturated carbocycles. The fourth-order valence-corrected chi connectivity index (χ4v) is 2.44. The zero-order valence-electron chi connectivity index (χ0n) is 11.7. The maximum atomic E-state index is 12.1. The Morgan fingerprint density at radius 3 is 2.94 bits per heavy atom. The number of carbonyl (C=O) groups is 1. The van der Waals surface area contributed by atoms with Crippen LogP contribution in [0.2, 0.25) is 0 Å². The van der Waals surface area contributed by atoms with Crippen molar-refractivity contribution in [3.63, 3.8) is 0 Å². The summed E-state index contributed by atoms with van der Waals surface area (Å²) in [6.07, 6.45) is 2.92. The van der Waals surface area contributed by atoms with Crippen molar-refractivity contribution in [2.45, 2.75) is 45.2 Å². The minimum Gasteiger partial charge on any atom is -0.378 e. The maximum absolute atomic E-state index is 12.1. The van der Waals surface area contributed by atoms with Gasteiger partial charge in [0.25, 0.3) is 0 Å². The number of hydrogen-bond acceptors (Lipinski definition) is 4. The van der Waals surface area contributed by atoms with Crippen molar-refractivity contribution in [2.75, 3.05) is 32.8 Å². The average molecular weight is 257 g/mol. The van der Waals surface area contributed by atoms with E-state index in [-0.39, 0.29) is 11.9 Å². The Kier molecular flexibility index (Phi) is 7.23. The third-order valence-corrected chi connectivity index (χ3v) is 3.46. The molecule has 18 heavy (non-hydrogen) atoms. The van der Waals surface area contributed by atoms with Crippen LogP contribution in [-0.4, -0.2) is 55.7 Å².